The van der Waals surface area contributed by atoms with Gasteiger partial charge < -0.3 is 0 Å². The van der Waals surface area contributed by atoms with Gasteiger partial charge in [0.05, 0.1) is 6.54 Å². The van der Waals surface area contributed by atoms with Crippen LogP contribution in [-0.2, 0) is 6.54 Å². The number of H-pyrrole nitrogens is 1. The van der Waals surface area contributed by atoms with Crippen LogP contribution in [0.3, 0.4) is 0 Å². The lowest BCUT2D eigenvalue weighted by Crippen LogP contribution is -2.32. The van der Waals surface area contributed by atoms with Gasteiger partial charge in [-0.25, -0.2) is 4.98 Å². The van der Waals surface area contributed by atoms with Crippen LogP contribution < -0.4 is 10.5 Å². The lowest BCUT2D eigenvalue weighted by molar-refractivity contribution is 0.0983. The van der Waals surface area contributed by atoms with E-state index in [2.05, 4.69) is 15.1 Å². The van der Waals surface area contributed by atoms with E-state index in [1.165, 1.54) is 9.42 Å². The first-order valence-corrected chi connectivity index (χ1v) is 9.81. The van der Waals surface area contributed by atoms with Crippen molar-refractivity contribution < 1.29 is 4.79 Å². The Morgan fingerprint density at radius 3 is 2.60 bits per heavy atom. The maximum Gasteiger partial charge on any atom is 0.277 e. The number of hydrogen-bond acceptors (Lipinski definition) is 4. The number of anilines is 1. The van der Waals surface area contributed by atoms with E-state index in [0.29, 0.717) is 21.8 Å². The molecule has 0 bridgehead atoms. The van der Waals surface area contributed by atoms with E-state index < -0.39 is 0 Å². The number of hydrogen-bond donors (Lipinski definition) is 1. The molecule has 0 fully saturated rings. The first-order valence-electron chi connectivity index (χ1n) is 9.43. The van der Waals surface area contributed by atoms with Crippen LogP contribution in [-0.4, -0.2) is 25.5 Å². The summed E-state index contributed by atoms with van der Waals surface area (Å²) in [4.78, 5) is 36.3. The summed E-state index contributed by atoms with van der Waals surface area (Å²) in [5.41, 5.74) is 3.10. The number of carbonyl (C=O) groups is 1. The van der Waals surface area contributed by atoms with Crippen LogP contribution in [0.5, 0.6) is 0 Å². The van der Waals surface area contributed by atoms with Crippen LogP contribution in [0.2, 0.25) is 5.02 Å². The molecule has 7 nitrogen and oxygen atoms in total. The minimum absolute atomic E-state index is 0.180. The molecule has 0 unspecified atom stereocenters. The number of fused-ring (bicyclic) bond motifs is 1. The Morgan fingerprint density at radius 1 is 1.10 bits per heavy atom. The third-order valence-corrected chi connectivity index (χ3v) is 5.37. The molecule has 4 rings (SSSR count). The Labute approximate surface area is 178 Å². The second kappa shape index (κ2) is 7.76. The topological polar surface area (TPSA) is 83.4 Å². The third-order valence-electron chi connectivity index (χ3n) is 5.00. The Bertz CT molecular complexity index is 1320. The van der Waals surface area contributed by atoms with Crippen molar-refractivity contribution in [3.05, 3.63) is 91.9 Å². The number of aromatic nitrogens is 4. The number of nitrogens with zero attached hydrogens (tertiary/aromatic N) is 4. The van der Waals surface area contributed by atoms with Gasteiger partial charge in [-0.3, -0.25) is 19.6 Å². The second-order valence-electron chi connectivity index (χ2n) is 7.16. The van der Waals surface area contributed by atoms with Gasteiger partial charge in [-0.15, -0.1) is 0 Å². The van der Waals surface area contributed by atoms with E-state index in [9.17, 15) is 9.59 Å². The van der Waals surface area contributed by atoms with Crippen LogP contribution in [0.15, 0.2) is 53.3 Å². The molecule has 1 amide bonds. The number of rotatable bonds is 4. The lowest BCUT2D eigenvalue weighted by atomic mass is 10.1. The highest BCUT2D eigenvalue weighted by molar-refractivity contribution is 6.31. The van der Waals surface area contributed by atoms with Gasteiger partial charge in [-0.05, 0) is 44.5 Å². The average Bonchev–Trinajstić information content (AvgIpc) is 3.14. The largest absolute Gasteiger partial charge is 0.277 e. The first kappa shape index (κ1) is 19.8. The fourth-order valence-corrected chi connectivity index (χ4v) is 3.38. The molecule has 2 aromatic heterocycles. The number of benzene rings is 2. The van der Waals surface area contributed by atoms with Crippen LogP contribution in [0.25, 0.3) is 5.78 Å². The van der Waals surface area contributed by atoms with Gasteiger partial charge in [0.25, 0.3) is 17.2 Å². The van der Waals surface area contributed by atoms with Gasteiger partial charge in [0.1, 0.15) is 0 Å². The molecule has 2 aromatic carbocycles. The molecule has 0 aliphatic rings. The Hall–Kier alpha value is -3.45. The molecule has 2 heterocycles. The first-order chi connectivity index (χ1) is 14.3. The predicted octanol–water partition coefficient (Wildman–Crippen LogP) is 3.84. The summed E-state index contributed by atoms with van der Waals surface area (Å²) in [6.07, 6.45) is 0. The maximum absolute atomic E-state index is 13.4. The number of carbonyl (C=O) groups excluding carboxylic acids is 1. The lowest BCUT2D eigenvalue weighted by Gasteiger charge is -2.20. The highest BCUT2D eigenvalue weighted by Crippen LogP contribution is 2.22. The van der Waals surface area contributed by atoms with E-state index in [0.717, 1.165) is 11.1 Å². The van der Waals surface area contributed by atoms with E-state index in [1.54, 1.807) is 26.0 Å². The molecule has 0 aliphatic heterocycles. The van der Waals surface area contributed by atoms with Gasteiger partial charge in [-0.2, -0.15) is 9.50 Å². The van der Waals surface area contributed by atoms with Gasteiger partial charge >= 0.3 is 0 Å². The summed E-state index contributed by atoms with van der Waals surface area (Å²) in [5, 5.41) is 3.47. The highest BCUT2D eigenvalue weighted by Gasteiger charge is 2.23. The zero-order chi connectivity index (χ0) is 21.4. The van der Waals surface area contributed by atoms with Crippen molar-refractivity contribution in [1.29, 1.82) is 0 Å². The van der Waals surface area contributed by atoms with Crippen LogP contribution in [0.4, 0.5) is 5.95 Å². The van der Waals surface area contributed by atoms with Gasteiger partial charge in [-0.1, -0.05) is 47.5 Å². The molecule has 0 saturated carbocycles. The average molecular weight is 422 g/mol. The van der Waals surface area contributed by atoms with Gasteiger partial charge in [0.2, 0.25) is 5.95 Å². The van der Waals surface area contributed by atoms with Crippen molar-refractivity contribution >= 4 is 29.2 Å². The second-order valence-corrected chi connectivity index (χ2v) is 7.57. The monoisotopic (exact) mass is 421 g/mol. The zero-order valence-corrected chi connectivity index (χ0v) is 17.6. The number of amides is 1. The number of halogens is 1. The molecule has 1 N–H and O–H groups in total. The quantitative estimate of drug-likeness (QED) is 0.542. The van der Waals surface area contributed by atoms with Crippen molar-refractivity contribution in [2.45, 2.75) is 27.3 Å². The summed E-state index contributed by atoms with van der Waals surface area (Å²) < 4.78 is 1.25. The summed E-state index contributed by atoms with van der Waals surface area (Å²) in [7, 11) is 0. The molecule has 8 heteroatoms. The molecule has 0 aliphatic carbocycles. The molecular formula is C22H20ClN5O2. The number of aryl methyl sites for hydroxylation is 2. The SMILES string of the molecule is Cc1cccc(C(=O)N(Cc2ccccc2Cl)c2nc3nc(C)c(C)c(=O)n3[nH]2)c1. The van der Waals surface area contributed by atoms with Crippen molar-refractivity contribution in [3.63, 3.8) is 0 Å². The molecular weight excluding hydrogens is 402 g/mol. The standard InChI is InChI=1S/C22H20ClN5O2/c1-13-7-6-9-16(11-13)20(30)27(12-17-8-4-5-10-18(17)23)22-25-21-24-15(3)14(2)19(29)28(21)26-22/h4-11H,12H2,1-3H3,(H,24,25,26). The van der Waals surface area contributed by atoms with Crippen LogP contribution >= 0.6 is 11.6 Å². The Morgan fingerprint density at radius 2 is 1.87 bits per heavy atom. The molecule has 0 spiro atoms. The van der Waals surface area contributed by atoms with E-state index in [1.807, 2.05) is 43.3 Å². The van der Waals surface area contributed by atoms with Crippen LogP contribution in [0.1, 0.15) is 32.7 Å². The predicted molar refractivity (Wildman–Crippen MR) is 116 cm³/mol. The minimum atomic E-state index is -0.265. The summed E-state index contributed by atoms with van der Waals surface area (Å²) in [6.45, 7) is 5.56. The van der Waals surface area contributed by atoms with Crippen LogP contribution in [0, 0.1) is 20.8 Å². The van der Waals surface area contributed by atoms with Crippen molar-refractivity contribution in [1.82, 2.24) is 19.6 Å². The fraction of sp³-hybridized carbons (Fsp3) is 0.182. The van der Waals surface area contributed by atoms with Gasteiger partial charge in [0, 0.05) is 21.8 Å². The third kappa shape index (κ3) is 3.59. The maximum atomic E-state index is 13.4. The smallest absolute Gasteiger partial charge is 0.272 e. The van der Waals surface area contributed by atoms with E-state index in [-0.39, 0.29) is 29.7 Å². The summed E-state index contributed by atoms with van der Waals surface area (Å²) in [6, 6.07) is 14.6. The van der Waals surface area contributed by atoms with Crippen molar-refractivity contribution in [2.75, 3.05) is 4.90 Å². The molecule has 0 radical (unpaired) electrons. The molecule has 4 aromatic rings. The highest BCUT2D eigenvalue weighted by atomic mass is 35.5. The molecule has 0 atom stereocenters. The zero-order valence-electron chi connectivity index (χ0n) is 16.8. The van der Waals surface area contributed by atoms with Crippen molar-refractivity contribution in [3.8, 4) is 0 Å². The van der Waals surface area contributed by atoms with Gasteiger partial charge in [0.15, 0.2) is 0 Å². The fourth-order valence-electron chi connectivity index (χ4n) is 3.19. The molecule has 30 heavy (non-hydrogen) atoms. The number of nitrogens with one attached hydrogen (secondary N) is 1. The van der Waals surface area contributed by atoms with E-state index in [4.69, 9.17) is 11.6 Å². The van der Waals surface area contributed by atoms with E-state index >= 15 is 0 Å². The molecule has 152 valence electrons. The normalized spacial score (nSPS) is 11.1. The summed E-state index contributed by atoms with van der Waals surface area (Å²) >= 11 is 6.34. The number of aromatic amines is 1. The summed E-state index contributed by atoms with van der Waals surface area (Å²) in [5.74, 6) is 0.162. The molecule has 0 saturated heterocycles. The minimum Gasteiger partial charge on any atom is -0.272 e. The van der Waals surface area contributed by atoms with Crippen molar-refractivity contribution in [2.24, 2.45) is 0 Å². The Balaban J connectivity index is 1.86. The Kier molecular flexibility index (Phi) is 5.13.